The zero-order valence-corrected chi connectivity index (χ0v) is 10.7. The number of nitrogens with one attached hydrogen (secondary N) is 1. The molecule has 0 aliphatic heterocycles. The Morgan fingerprint density at radius 3 is 2.84 bits per heavy atom. The first-order valence-electron chi connectivity index (χ1n) is 5.84. The molecule has 5 nitrogen and oxygen atoms in total. The molecule has 0 saturated carbocycles. The first kappa shape index (κ1) is 13.2. The number of amides is 1. The summed E-state index contributed by atoms with van der Waals surface area (Å²) in [5, 5.41) is 7.13. The summed E-state index contributed by atoms with van der Waals surface area (Å²) in [6.45, 7) is 1.91. The predicted octanol–water partition coefficient (Wildman–Crippen LogP) is 1.39. The van der Waals surface area contributed by atoms with E-state index in [0.29, 0.717) is 11.3 Å². The van der Waals surface area contributed by atoms with E-state index in [1.54, 1.807) is 13.1 Å². The molecule has 1 aromatic heterocycles. The maximum atomic E-state index is 13.4. The number of hydrogen-bond acceptors (Lipinski definition) is 3. The number of carbonyl (C=O) groups excluding carboxylic acids is 1. The van der Waals surface area contributed by atoms with Crippen LogP contribution in [0.15, 0.2) is 30.6 Å². The van der Waals surface area contributed by atoms with Crippen LogP contribution in [-0.2, 0) is 0 Å². The molecule has 3 N–H and O–H groups in total. The lowest BCUT2D eigenvalue weighted by Crippen LogP contribution is -2.15. The molecule has 2 aromatic rings. The van der Waals surface area contributed by atoms with Crippen LogP contribution in [0.1, 0.15) is 28.9 Å². The summed E-state index contributed by atoms with van der Waals surface area (Å²) in [5.41, 5.74) is 6.96. The highest BCUT2D eigenvalue weighted by Gasteiger charge is 2.13. The van der Waals surface area contributed by atoms with E-state index in [4.69, 9.17) is 5.73 Å². The molecular weight excluding hydrogens is 247 g/mol. The summed E-state index contributed by atoms with van der Waals surface area (Å²) in [6, 6.07) is 4.37. The molecule has 100 valence electrons. The van der Waals surface area contributed by atoms with Gasteiger partial charge in [0, 0.05) is 12.2 Å². The molecule has 1 aromatic carbocycles. The van der Waals surface area contributed by atoms with E-state index in [9.17, 15) is 9.18 Å². The Morgan fingerprint density at radius 2 is 2.26 bits per heavy atom. The Morgan fingerprint density at radius 1 is 1.53 bits per heavy atom. The minimum atomic E-state index is -0.545. The van der Waals surface area contributed by atoms with Crippen molar-refractivity contribution in [2.75, 3.05) is 7.05 Å². The summed E-state index contributed by atoms with van der Waals surface area (Å²) in [4.78, 5) is 11.1. The molecule has 0 aliphatic carbocycles. The van der Waals surface area contributed by atoms with Crippen LogP contribution in [0.3, 0.4) is 0 Å². The molecule has 0 bridgehead atoms. The monoisotopic (exact) mass is 262 g/mol. The number of halogens is 1. The Labute approximate surface area is 110 Å². The number of hydrogen-bond donors (Lipinski definition) is 2. The molecule has 0 spiro atoms. The normalized spacial score (nSPS) is 12.4. The van der Waals surface area contributed by atoms with Gasteiger partial charge in [-0.3, -0.25) is 4.79 Å². The van der Waals surface area contributed by atoms with Gasteiger partial charge in [-0.25, -0.2) is 9.07 Å². The van der Waals surface area contributed by atoms with Crippen molar-refractivity contribution in [1.29, 1.82) is 0 Å². The number of aromatic nitrogens is 2. The quantitative estimate of drug-likeness (QED) is 0.874. The number of primary amides is 1. The largest absolute Gasteiger partial charge is 0.366 e. The van der Waals surface area contributed by atoms with Gasteiger partial charge in [0.15, 0.2) is 0 Å². The standard InChI is InChI=1S/C13H15FN4O/c1-8(16-2)11-5-10(14)3-4-12(11)18-7-9(6-17-18)13(15)19/h3-8,16H,1-2H3,(H2,15,19). The second kappa shape index (κ2) is 5.19. The lowest BCUT2D eigenvalue weighted by molar-refractivity contribution is 0.100. The van der Waals surface area contributed by atoms with E-state index >= 15 is 0 Å². The number of nitrogens with two attached hydrogens (primary N) is 1. The maximum Gasteiger partial charge on any atom is 0.251 e. The SMILES string of the molecule is CNC(C)c1cc(F)ccc1-n1cc(C(N)=O)cn1. The fourth-order valence-corrected chi connectivity index (χ4v) is 1.82. The van der Waals surface area contributed by atoms with E-state index in [0.717, 1.165) is 5.56 Å². The van der Waals surface area contributed by atoms with Gasteiger partial charge in [-0.15, -0.1) is 0 Å². The lowest BCUT2D eigenvalue weighted by atomic mass is 10.1. The minimum absolute atomic E-state index is 0.0491. The summed E-state index contributed by atoms with van der Waals surface area (Å²) >= 11 is 0. The van der Waals surface area contributed by atoms with Crippen molar-refractivity contribution >= 4 is 5.91 Å². The second-order valence-electron chi connectivity index (χ2n) is 4.25. The van der Waals surface area contributed by atoms with Crippen LogP contribution in [0, 0.1) is 5.82 Å². The van der Waals surface area contributed by atoms with E-state index in [1.807, 2.05) is 6.92 Å². The average molecular weight is 262 g/mol. The van der Waals surface area contributed by atoms with Gasteiger partial charge in [-0.1, -0.05) is 0 Å². The van der Waals surface area contributed by atoms with E-state index in [2.05, 4.69) is 10.4 Å². The van der Waals surface area contributed by atoms with Gasteiger partial charge in [-0.2, -0.15) is 5.10 Å². The number of carbonyl (C=O) groups is 1. The Hall–Kier alpha value is -2.21. The molecule has 1 heterocycles. The lowest BCUT2D eigenvalue weighted by Gasteiger charge is -2.15. The van der Waals surface area contributed by atoms with Crippen molar-refractivity contribution < 1.29 is 9.18 Å². The highest BCUT2D eigenvalue weighted by molar-refractivity contribution is 5.92. The molecule has 0 saturated heterocycles. The van der Waals surface area contributed by atoms with Crippen LogP contribution >= 0.6 is 0 Å². The fraction of sp³-hybridized carbons (Fsp3) is 0.231. The maximum absolute atomic E-state index is 13.4. The van der Waals surface area contributed by atoms with Gasteiger partial charge >= 0.3 is 0 Å². The molecule has 1 atom stereocenters. The van der Waals surface area contributed by atoms with Gasteiger partial charge in [0.2, 0.25) is 0 Å². The molecule has 1 unspecified atom stereocenters. The Kier molecular flexibility index (Phi) is 3.62. The van der Waals surface area contributed by atoms with Gasteiger partial charge in [0.1, 0.15) is 5.82 Å². The summed E-state index contributed by atoms with van der Waals surface area (Å²) < 4.78 is 14.9. The smallest absolute Gasteiger partial charge is 0.251 e. The first-order valence-corrected chi connectivity index (χ1v) is 5.84. The van der Waals surface area contributed by atoms with Gasteiger partial charge in [-0.05, 0) is 37.7 Å². The third kappa shape index (κ3) is 2.63. The molecule has 0 radical (unpaired) electrons. The topological polar surface area (TPSA) is 72.9 Å². The van der Waals surface area contributed by atoms with Crippen molar-refractivity contribution in [2.24, 2.45) is 5.73 Å². The van der Waals surface area contributed by atoms with E-state index in [-0.39, 0.29) is 11.9 Å². The van der Waals surface area contributed by atoms with Crippen LogP contribution in [0.5, 0.6) is 0 Å². The molecule has 0 aliphatic rings. The summed E-state index contributed by atoms with van der Waals surface area (Å²) in [5.74, 6) is -0.861. The van der Waals surface area contributed by atoms with E-state index in [1.165, 1.54) is 29.2 Å². The average Bonchev–Trinajstić information content (AvgIpc) is 2.87. The zero-order valence-electron chi connectivity index (χ0n) is 10.7. The number of rotatable bonds is 4. The molecule has 0 fully saturated rings. The van der Waals surface area contributed by atoms with Crippen molar-refractivity contribution in [1.82, 2.24) is 15.1 Å². The molecule has 1 amide bonds. The van der Waals surface area contributed by atoms with Crippen LogP contribution in [0.2, 0.25) is 0 Å². The van der Waals surface area contributed by atoms with Gasteiger partial charge < -0.3 is 11.1 Å². The second-order valence-corrected chi connectivity index (χ2v) is 4.25. The highest BCUT2D eigenvalue weighted by atomic mass is 19.1. The van der Waals surface area contributed by atoms with Crippen molar-refractivity contribution in [3.63, 3.8) is 0 Å². The summed E-state index contributed by atoms with van der Waals surface area (Å²) in [7, 11) is 1.79. The number of benzene rings is 1. The van der Waals surface area contributed by atoms with Crippen LogP contribution in [0.4, 0.5) is 4.39 Å². The fourth-order valence-electron chi connectivity index (χ4n) is 1.82. The molecule has 2 rings (SSSR count). The Balaban J connectivity index is 2.51. The first-order chi connectivity index (χ1) is 9.02. The molecule has 19 heavy (non-hydrogen) atoms. The van der Waals surface area contributed by atoms with Crippen LogP contribution in [-0.4, -0.2) is 22.7 Å². The molecule has 6 heteroatoms. The third-order valence-corrected chi connectivity index (χ3v) is 3.00. The highest BCUT2D eigenvalue weighted by Crippen LogP contribution is 2.22. The molecular formula is C13H15FN4O. The van der Waals surface area contributed by atoms with Crippen molar-refractivity contribution in [2.45, 2.75) is 13.0 Å². The Bertz CT molecular complexity index is 608. The van der Waals surface area contributed by atoms with E-state index < -0.39 is 5.91 Å². The van der Waals surface area contributed by atoms with Gasteiger partial charge in [0.25, 0.3) is 5.91 Å². The zero-order chi connectivity index (χ0) is 14.0. The summed E-state index contributed by atoms with van der Waals surface area (Å²) in [6.07, 6.45) is 2.92. The van der Waals surface area contributed by atoms with Gasteiger partial charge in [0.05, 0.1) is 17.4 Å². The van der Waals surface area contributed by atoms with Crippen LogP contribution < -0.4 is 11.1 Å². The van der Waals surface area contributed by atoms with Crippen molar-refractivity contribution in [3.05, 3.63) is 47.5 Å². The minimum Gasteiger partial charge on any atom is -0.366 e. The number of nitrogens with zero attached hydrogens (tertiary/aromatic N) is 2. The third-order valence-electron chi connectivity index (χ3n) is 3.00. The van der Waals surface area contributed by atoms with Crippen molar-refractivity contribution in [3.8, 4) is 5.69 Å². The predicted molar refractivity (Wildman–Crippen MR) is 69.5 cm³/mol. The van der Waals surface area contributed by atoms with Crippen LogP contribution in [0.25, 0.3) is 5.69 Å².